The second-order valence-electron chi connectivity index (χ2n) is 6.98. The van der Waals surface area contributed by atoms with E-state index in [0.717, 1.165) is 38.4 Å². The summed E-state index contributed by atoms with van der Waals surface area (Å²) in [6.07, 6.45) is 0. The van der Waals surface area contributed by atoms with Crippen LogP contribution in [0.2, 0.25) is 0 Å². The SMILES string of the molecule is CC(CNC(=O)C(C)(C)c1ccc(N)cc1)CN1CCOCC1. The molecule has 1 heterocycles. The van der Waals surface area contributed by atoms with Gasteiger partial charge in [0.05, 0.1) is 18.6 Å². The van der Waals surface area contributed by atoms with Crippen molar-refractivity contribution in [3.05, 3.63) is 29.8 Å². The molecular weight excluding hydrogens is 290 g/mol. The Hall–Kier alpha value is -1.59. The van der Waals surface area contributed by atoms with E-state index < -0.39 is 5.41 Å². The average Bonchev–Trinajstić information content (AvgIpc) is 2.54. The predicted octanol–water partition coefficient (Wildman–Crippen LogP) is 1.63. The number of carbonyl (C=O) groups excluding carboxylic acids is 1. The van der Waals surface area contributed by atoms with Gasteiger partial charge < -0.3 is 15.8 Å². The molecular formula is C18H29N3O2. The molecule has 2 rings (SSSR count). The van der Waals surface area contributed by atoms with Crippen LogP contribution in [0.25, 0.3) is 0 Å². The van der Waals surface area contributed by atoms with Gasteiger partial charge >= 0.3 is 0 Å². The van der Waals surface area contributed by atoms with Crippen LogP contribution in [-0.2, 0) is 14.9 Å². The van der Waals surface area contributed by atoms with E-state index in [1.807, 2.05) is 38.1 Å². The maximum Gasteiger partial charge on any atom is 0.230 e. The Morgan fingerprint density at radius 2 is 1.91 bits per heavy atom. The number of ether oxygens (including phenoxy) is 1. The number of nitrogens with one attached hydrogen (secondary N) is 1. The van der Waals surface area contributed by atoms with Crippen molar-refractivity contribution in [1.29, 1.82) is 0 Å². The molecule has 3 N–H and O–H groups in total. The van der Waals surface area contributed by atoms with Gasteiger partial charge in [-0.3, -0.25) is 9.69 Å². The van der Waals surface area contributed by atoms with Crippen LogP contribution in [0, 0.1) is 5.92 Å². The van der Waals surface area contributed by atoms with Crippen LogP contribution in [0.1, 0.15) is 26.3 Å². The lowest BCUT2D eigenvalue weighted by Crippen LogP contribution is -2.45. The van der Waals surface area contributed by atoms with Crippen LogP contribution >= 0.6 is 0 Å². The number of anilines is 1. The molecule has 1 aromatic carbocycles. The van der Waals surface area contributed by atoms with Crippen LogP contribution < -0.4 is 11.1 Å². The summed E-state index contributed by atoms with van der Waals surface area (Å²) >= 11 is 0. The summed E-state index contributed by atoms with van der Waals surface area (Å²) in [6, 6.07) is 7.52. The van der Waals surface area contributed by atoms with Crippen LogP contribution in [0.5, 0.6) is 0 Å². The summed E-state index contributed by atoms with van der Waals surface area (Å²) in [5.74, 6) is 0.468. The van der Waals surface area contributed by atoms with Crippen molar-refractivity contribution in [1.82, 2.24) is 10.2 Å². The number of nitrogen functional groups attached to an aromatic ring is 1. The molecule has 1 fully saturated rings. The number of benzene rings is 1. The fraction of sp³-hybridized carbons (Fsp3) is 0.611. The number of rotatable bonds is 6. The van der Waals surface area contributed by atoms with Crippen molar-refractivity contribution >= 4 is 11.6 Å². The van der Waals surface area contributed by atoms with E-state index in [9.17, 15) is 4.79 Å². The van der Waals surface area contributed by atoms with Gasteiger partial charge in [0, 0.05) is 31.9 Å². The highest BCUT2D eigenvalue weighted by Crippen LogP contribution is 2.24. The van der Waals surface area contributed by atoms with Crippen molar-refractivity contribution in [3.8, 4) is 0 Å². The molecule has 0 aromatic heterocycles. The fourth-order valence-electron chi connectivity index (χ4n) is 2.81. The van der Waals surface area contributed by atoms with Crippen molar-refractivity contribution in [2.24, 2.45) is 5.92 Å². The predicted molar refractivity (Wildman–Crippen MR) is 93.3 cm³/mol. The quantitative estimate of drug-likeness (QED) is 0.782. The van der Waals surface area contributed by atoms with Crippen molar-refractivity contribution in [3.63, 3.8) is 0 Å². The molecule has 0 saturated carbocycles. The Balaban J connectivity index is 1.83. The molecule has 128 valence electrons. The third-order valence-electron chi connectivity index (χ3n) is 4.48. The van der Waals surface area contributed by atoms with Gasteiger partial charge in [-0.2, -0.15) is 0 Å². The summed E-state index contributed by atoms with van der Waals surface area (Å²) < 4.78 is 5.36. The van der Waals surface area contributed by atoms with Crippen molar-refractivity contribution < 1.29 is 9.53 Å². The number of nitrogens with two attached hydrogens (primary N) is 1. The lowest BCUT2D eigenvalue weighted by Gasteiger charge is -2.30. The molecule has 1 saturated heterocycles. The summed E-state index contributed by atoms with van der Waals surface area (Å²) in [5, 5.41) is 3.10. The Labute approximate surface area is 139 Å². The van der Waals surface area contributed by atoms with Gasteiger partial charge in [-0.05, 0) is 37.5 Å². The van der Waals surface area contributed by atoms with E-state index in [2.05, 4.69) is 17.1 Å². The number of hydrogen-bond donors (Lipinski definition) is 2. The summed E-state index contributed by atoms with van der Waals surface area (Å²) in [4.78, 5) is 15.0. The normalized spacial score (nSPS) is 17.7. The Bertz CT molecular complexity index is 508. The monoisotopic (exact) mass is 319 g/mol. The van der Waals surface area contributed by atoms with E-state index in [1.165, 1.54) is 0 Å². The van der Waals surface area contributed by atoms with Gasteiger partial charge in [0.25, 0.3) is 0 Å². The van der Waals surface area contributed by atoms with Crippen LogP contribution in [-0.4, -0.2) is 50.2 Å². The van der Waals surface area contributed by atoms with Gasteiger partial charge in [-0.1, -0.05) is 19.1 Å². The molecule has 0 radical (unpaired) electrons. The third-order valence-corrected chi connectivity index (χ3v) is 4.48. The van der Waals surface area contributed by atoms with Gasteiger partial charge in [0.2, 0.25) is 5.91 Å². The molecule has 1 amide bonds. The number of carbonyl (C=O) groups is 1. The van der Waals surface area contributed by atoms with E-state index in [4.69, 9.17) is 10.5 Å². The molecule has 1 aliphatic heterocycles. The zero-order valence-electron chi connectivity index (χ0n) is 14.5. The minimum absolute atomic E-state index is 0.0519. The molecule has 1 atom stereocenters. The van der Waals surface area contributed by atoms with E-state index in [1.54, 1.807) is 0 Å². The third kappa shape index (κ3) is 4.94. The Kier molecular flexibility index (Phi) is 6.02. The first-order chi connectivity index (χ1) is 10.9. The molecule has 0 spiro atoms. The smallest absolute Gasteiger partial charge is 0.230 e. The van der Waals surface area contributed by atoms with E-state index in [0.29, 0.717) is 18.2 Å². The zero-order chi connectivity index (χ0) is 16.9. The van der Waals surface area contributed by atoms with Gasteiger partial charge in [-0.15, -0.1) is 0 Å². The van der Waals surface area contributed by atoms with Gasteiger partial charge in [-0.25, -0.2) is 0 Å². The molecule has 1 aliphatic rings. The topological polar surface area (TPSA) is 67.6 Å². The second kappa shape index (κ2) is 7.79. The fourth-order valence-corrected chi connectivity index (χ4v) is 2.81. The first kappa shape index (κ1) is 17.8. The van der Waals surface area contributed by atoms with E-state index >= 15 is 0 Å². The Morgan fingerprint density at radius 1 is 1.30 bits per heavy atom. The van der Waals surface area contributed by atoms with Crippen LogP contribution in [0.3, 0.4) is 0 Å². The first-order valence-electron chi connectivity index (χ1n) is 8.34. The lowest BCUT2D eigenvalue weighted by molar-refractivity contribution is -0.125. The standard InChI is InChI=1S/C18H29N3O2/c1-14(13-21-8-10-23-11-9-21)12-20-17(22)18(2,3)15-4-6-16(19)7-5-15/h4-7,14H,8-13,19H2,1-3H3,(H,20,22). The summed E-state index contributed by atoms with van der Waals surface area (Å²) in [7, 11) is 0. The minimum atomic E-state index is -0.563. The maximum absolute atomic E-state index is 12.6. The number of amides is 1. The van der Waals surface area contributed by atoms with Crippen LogP contribution in [0.15, 0.2) is 24.3 Å². The number of nitrogens with zero attached hydrogens (tertiary/aromatic N) is 1. The first-order valence-corrected chi connectivity index (χ1v) is 8.34. The van der Waals surface area contributed by atoms with Crippen molar-refractivity contribution in [2.45, 2.75) is 26.2 Å². The van der Waals surface area contributed by atoms with Gasteiger partial charge in [0.1, 0.15) is 0 Å². The highest BCUT2D eigenvalue weighted by molar-refractivity contribution is 5.87. The Morgan fingerprint density at radius 3 is 2.52 bits per heavy atom. The van der Waals surface area contributed by atoms with Gasteiger partial charge in [0.15, 0.2) is 0 Å². The molecule has 23 heavy (non-hydrogen) atoms. The summed E-state index contributed by atoms with van der Waals surface area (Å²) in [5.41, 5.74) is 6.85. The molecule has 1 aromatic rings. The second-order valence-corrected chi connectivity index (χ2v) is 6.98. The summed E-state index contributed by atoms with van der Waals surface area (Å²) in [6.45, 7) is 11.3. The highest BCUT2D eigenvalue weighted by Gasteiger charge is 2.29. The largest absolute Gasteiger partial charge is 0.399 e. The van der Waals surface area contributed by atoms with Crippen molar-refractivity contribution in [2.75, 3.05) is 45.1 Å². The molecule has 0 bridgehead atoms. The van der Waals surface area contributed by atoms with Crippen LogP contribution in [0.4, 0.5) is 5.69 Å². The zero-order valence-corrected chi connectivity index (χ0v) is 14.5. The molecule has 0 aliphatic carbocycles. The minimum Gasteiger partial charge on any atom is -0.399 e. The number of hydrogen-bond acceptors (Lipinski definition) is 4. The van der Waals surface area contributed by atoms with E-state index in [-0.39, 0.29) is 5.91 Å². The molecule has 5 nitrogen and oxygen atoms in total. The molecule has 5 heteroatoms. The lowest BCUT2D eigenvalue weighted by atomic mass is 9.83. The average molecular weight is 319 g/mol. The highest BCUT2D eigenvalue weighted by atomic mass is 16.5. The maximum atomic E-state index is 12.6. The molecule has 1 unspecified atom stereocenters. The number of morpholine rings is 1.